The lowest BCUT2D eigenvalue weighted by Crippen LogP contribution is -2.44. The van der Waals surface area contributed by atoms with Crippen LogP contribution in [0.25, 0.3) is 0 Å². The third kappa shape index (κ3) is 1.93. The second kappa shape index (κ2) is 3.19. The van der Waals surface area contributed by atoms with Gasteiger partial charge >= 0.3 is 0 Å². The molecule has 0 aromatic heterocycles. The summed E-state index contributed by atoms with van der Waals surface area (Å²) in [6.45, 7) is 15.5. The summed E-state index contributed by atoms with van der Waals surface area (Å²) in [7, 11) is -1.64. The number of epoxide rings is 1. The molecule has 0 amide bonds. The van der Waals surface area contributed by atoms with Gasteiger partial charge in [0.15, 0.2) is 8.32 Å². The van der Waals surface area contributed by atoms with E-state index in [-0.39, 0.29) is 11.1 Å². The Morgan fingerprint density at radius 2 is 2.00 bits per heavy atom. The molecule has 0 N–H and O–H groups in total. The van der Waals surface area contributed by atoms with Crippen molar-refractivity contribution in [1.29, 1.82) is 0 Å². The van der Waals surface area contributed by atoms with Crippen LogP contribution in [0, 0.1) is 0 Å². The van der Waals surface area contributed by atoms with Crippen molar-refractivity contribution in [2.75, 3.05) is 0 Å². The van der Waals surface area contributed by atoms with E-state index < -0.39 is 8.32 Å². The van der Waals surface area contributed by atoms with Crippen LogP contribution >= 0.6 is 0 Å². The van der Waals surface area contributed by atoms with Gasteiger partial charge in [-0.25, -0.2) is 0 Å². The third-order valence-corrected chi connectivity index (χ3v) is 8.54. The molecule has 2 nitrogen and oxygen atoms in total. The van der Waals surface area contributed by atoms with Gasteiger partial charge in [0.25, 0.3) is 0 Å². The molecule has 0 aromatic rings. The molecule has 2 rings (SSSR count). The number of hydrogen-bond acceptors (Lipinski definition) is 2. The number of ether oxygens (including phenoxy) is 1. The fraction of sp³-hybridized carbons (Fsp3) is 0.833. The molecule has 1 saturated carbocycles. The maximum Gasteiger partial charge on any atom is 0.192 e. The molecule has 0 spiro atoms. The van der Waals surface area contributed by atoms with E-state index in [0.717, 1.165) is 6.42 Å². The van der Waals surface area contributed by atoms with Gasteiger partial charge in [0.1, 0.15) is 6.10 Å². The summed E-state index contributed by atoms with van der Waals surface area (Å²) in [5, 5.41) is 0.279. The van der Waals surface area contributed by atoms with Crippen molar-refractivity contribution in [3.05, 3.63) is 12.2 Å². The smallest absolute Gasteiger partial charge is 0.192 e. The zero-order valence-corrected chi connectivity index (χ0v) is 11.5. The topological polar surface area (TPSA) is 21.8 Å². The number of fused-ring (bicyclic) bond motifs is 1. The third-order valence-electron chi connectivity index (χ3n) is 4.05. The highest BCUT2D eigenvalue weighted by Crippen LogP contribution is 2.46. The average molecular weight is 226 g/mol. The zero-order chi connectivity index (χ0) is 11.4. The molecule has 0 radical (unpaired) electrons. The van der Waals surface area contributed by atoms with Gasteiger partial charge in [-0.05, 0) is 23.7 Å². The Morgan fingerprint density at radius 3 is 2.40 bits per heavy atom. The minimum atomic E-state index is -1.64. The maximum absolute atomic E-state index is 6.34. The summed E-state index contributed by atoms with van der Waals surface area (Å²) in [5.74, 6) is 0. The van der Waals surface area contributed by atoms with Crippen LogP contribution in [-0.2, 0) is 9.16 Å². The van der Waals surface area contributed by atoms with Gasteiger partial charge < -0.3 is 9.16 Å². The molecule has 1 heterocycles. The van der Waals surface area contributed by atoms with Crippen LogP contribution in [0.1, 0.15) is 27.2 Å². The summed E-state index contributed by atoms with van der Waals surface area (Å²) in [6, 6.07) is 0. The van der Waals surface area contributed by atoms with Gasteiger partial charge in [0.2, 0.25) is 0 Å². The van der Waals surface area contributed by atoms with E-state index in [2.05, 4.69) is 40.4 Å². The first-order valence-corrected chi connectivity index (χ1v) is 8.65. The molecule has 1 saturated heterocycles. The van der Waals surface area contributed by atoms with Crippen molar-refractivity contribution >= 4 is 8.32 Å². The lowest BCUT2D eigenvalue weighted by atomic mass is 10.2. The van der Waals surface area contributed by atoms with E-state index in [1.54, 1.807) is 0 Å². The van der Waals surface area contributed by atoms with Crippen molar-refractivity contribution in [3.63, 3.8) is 0 Å². The Kier molecular flexibility index (Phi) is 2.41. The first kappa shape index (κ1) is 11.4. The van der Waals surface area contributed by atoms with Gasteiger partial charge in [-0.3, -0.25) is 0 Å². The summed E-state index contributed by atoms with van der Waals surface area (Å²) < 4.78 is 11.8. The Morgan fingerprint density at radius 1 is 1.40 bits per heavy atom. The molecule has 1 aliphatic heterocycles. The van der Waals surface area contributed by atoms with Crippen LogP contribution in [0.2, 0.25) is 18.1 Å². The normalized spacial score (nSPS) is 35.5. The fourth-order valence-electron chi connectivity index (χ4n) is 1.85. The Bertz CT molecular complexity index is 290. The first-order valence-electron chi connectivity index (χ1n) is 5.74. The minimum Gasteiger partial charge on any atom is -0.410 e. The highest BCUT2D eigenvalue weighted by Gasteiger charge is 2.53. The van der Waals surface area contributed by atoms with E-state index in [9.17, 15) is 0 Å². The fourth-order valence-corrected chi connectivity index (χ4v) is 3.16. The van der Waals surface area contributed by atoms with Crippen molar-refractivity contribution in [3.8, 4) is 0 Å². The minimum absolute atomic E-state index is 0.259. The summed E-state index contributed by atoms with van der Waals surface area (Å²) in [6.07, 6.45) is 2.03. The molecule has 3 unspecified atom stereocenters. The molecule has 0 aromatic carbocycles. The van der Waals surface area contributed by atoms with Gasteiger partial charge in [-0.1, -0.05) is 27.4 Å². The van der Waals surface area contributed by atoms with E-state index >= 15 is 0 Å². The Labute approximate surface area is 93.8 Å². The monoisotopic (exact) mass is 226 g/mol. The quantitative estimate of drug-likeness (QED) is 0.410. The van der Waals surface area contributed by atoms with E-state index in [0.29, 0.717) is 12.2 Å². The highest BCUT2D eigenvalue weighted by atomic mass is 28.4. The second-order valence-corrected chi connectivity index (χ2v) is 11.0. The Balaban J connectivity index is 2.00. The van der Waals surface area contributed by atoms with Crippen molar-refractivity contribution in [1.82, 2.24) is 0 Å². The van der Waals surface area contributed by atoms with Crippen molar-refractivity contribution < 1.29 is 9.16 Å². The first-order chi connectivity index (χ1) is 6.72. The van der Waals surface area contributed by atoms with Crippen LogP contribution in [0.15, 0.2) is 12.2 Å². The summed E-state index contributed by atoms with van der Waals surface area (Å²) >= 11 is 0. The van der Waals surface area contributed by atoms with Gasteiger partial charge in [0, 0.05) is 6.42 Å². The largest absolute Gasteiger partial charge is 0.410 e. The standard InChI is InChI=1S/C12H22O2Si/c1-8-9(7-10-11(8)13-10)14-15(5,6)12(2,3)4/h9-11H,1,7H2,2-6H3. The molecule has 2 aliphatic rings. The van der Waals surface area contributed by atoms with Gasteiger partial charge in [-0.2, -0.15) is 0 Å². The van der Waals surface area contributed by atoms with Crippen molar-refractivity contribution in [2.45, 2.75) is 63.6 Å². The van der Waals surface area contributed by atoms with Crippen LogP contribution in [-0.4, -0.2) is 26.6 Å². The molecule has 2 fully saturated rings. The number of rotatable bonds is 2. The van der Waals surface area contributed by atoms with Gasteiger partial charge in [-0.15, -0.1) is 0 Å². The van der Waals surface area contributed by atoms with Crippen LogP contribution in [0.5, 0.6) is 0 Å². The maximum atomic E-state index is 6.34. The average Bonchev–Trinajstić information content (AvgIpc) is 2.73. The van der Waals surface area contributed by atoms with Gasteiger partial charge in [0.05, 0.1) is 12.2 Å². The lowest BCUT2D eigenvalue weighted by molar-refractivity contribution is 0.177. The Hall–Kier alpha value is -0.123. The molecular formula is C12H22O2Si. The SMILES string of the molecule is C=C1C(O[Si](C)(C)C(C)(C)C)CC2OC12. The molecule has 0 bridgehead atoms. The van der Waals surface area contributed by atoms with Crippen LogP contribution in [0.3, 0.4) is 0 Å². The van der Waals surface area contributed by atoms with Crippen LogP contribution in [0.4, 0.5) is 0 Å². The van der Waals surface area contributed by atoms with Crippen molar-refractivity contribution in [2.24, 2.45) is 0 Å². The predicted molar refractivity (Wildman–Crippen MR) is 64.5 cm³/mol. The predicted octanol–water partition coefficient (Wildman–Crippen LogP) is 3.10. The summed E-state index contributed by atoms with van der Waals surface area (Å²) in [4.78, 5) is 0. The van der Waals surface area contributed by atoms with Crippen LogP contribution < -0.4 is 0 Å². The molecule has 15 heavy (non-hydrogen) atoms. The molecule has 3 atom stereocenters. The number of hydrogen-bond donors (Lipinski definition) is 0. The second-order valence-electron chi connectivity index (χ2n) is 6.27. The zero-order valence-electron chi connectivity index (χ0n) is 10.5. The molecule has 86 valence electrons. The molecule has 1 aliphatic carbocycles. The lowest BCUT2D eigenvalue weighted by Gasteiger charge is -2.39. The molecule has 3 heteroatoms. The van der Waals surface area contributed by atoms with E-state index in [4.69, 9.17) is 9.16 Å². The van der Waals surface area contributed by atoms with E-state index in [1.165, 1.54) is 5.57 Å². The highest BCUT2D eigenvalue weighted by molar-refractivity contribution is 6.74. The summed E-state index contributed by atoms with van der Waals surface area (Å²) in [5.41, 5.74) is 1.17. The molecular weight excluding hydrogens is 204 g/mol. The van der Waals surface area contributed by atoms with E-state index in [1.807, 2.05) is 0 Å².